The third-order valence-electron chi connectivity index (χ3n) is 6.07. The van der Waals surface area contributed by atoms with E-state index in [-0.39, 0.29) is 34.6 Å². The minimum Gasteiger partial charge on any atom is -0.481 e. The molecule has 3 atom stereocenters. The maximum Gasteiger partial charge on any atom is 0.347 e. The number of oxime groups is 1. The van der Waals surface area contributed by atoms with E-state index in [2.05, 4.69) is 42.9 Å². The molecule has 0 saturated carbocycles. The number of thiazole rings is 1. The highest BCUT2D eigenvalue weighted by Gasteiger charge is 2.57. The van der Waals surface area contributed by atoms with Crippen molar-refractivity contribution in [3.63, 3.8) is 0 Å². The Labute approximate surface area is 263 Å². The maximum absolute atomic E-state index is 13.3. The molecule has 3 N–H and O–H groups in total. The molecule has 0 aromatic carbocycles. The van der Waals surface area contributed by atoms with Gasteiger partial charge in [-0.3, -0.25) is 19.2 Å². The number of hydrogen-bond acceptors (Lipinski definition) is 15. The molecule has 2 fully saturated rings. The second-order valence-electron chi connectivity index (χ2n) is 10.5. The number of tetrazole rings is 1. The van der Waals surface area contributed by atoms with E-state index >= 15 is 0 Å². The SMILES string of the molecule is C=CCn1nnnc1SCC1(C(=O)O)CS[C@@H]2C(NC(=O)C(=NOCC(=O)OC(C)(C)C)c3csc(NC=O)n3)C(=O)N2C1. The van der Waals surface area contributed by atoms with Gasteiger partial charge < -0.3 is 30.2 Å². The molecule has 20 heteroatoms. The van der Waals surface area contributed by atoms with Crippen LogP contribution in [0.1, 0.15) is 26.5 Å². The molecule has 0 spiro atoms. The highest BCUT2D eigenvalue weighted by atomic mass is 32.2. The van der Waals surface area contributed by atoms with Crippen LogP contribution in [0.4, 0.5) is 5.13 Å². The van der Waals surface area contributed by atoms with Crippen molar-refractivity contribution in [2.75, 3.05) is 30.0 Å². The average molecular weight is 668 g/mol. The zero-order valence-electron chi connectivity index (χ0n) is 23.8. The van der Waals surface area contributed by atoms with E-state index in [4.69, 9.17) is 9.57 Å². The number of carbonyl (C=O) groups is 5. The van der Waals surface area contributed by atoms with Crippen LogP contribution in [0.2, 0.25) is 0 Å². The lowest BCUT2D eigenvalue weighted by Gasteiger charge is -2.53. The van der Waals surface area contributed by atoms with Crippen LogP contribution in [0.15, 0.2) is 28.3 Å². The molecule has 3 amide bonds. The van der Waals surface area contributed by atoms with Crippen LogP contribution in [-0.2, 0) is 40.1 Å². The number of carboxylic acids is 1. The summed E-state index contributed by atoms with van der Waals surface area (Å²) in [5.41, 5.74) is -2.36. The van der Waals surface area contributed by atoms with Crippen LogP contribution in [-0.4, -0.2) is 113 Å². The second kappa shape index (κ2) is 13.7. The Kier molecular flexibility index (Phi) is 10.3. The van der Waals surface area contributed by atoms with Crippen molar-refractivity contribution in [2.45, 2.75) is 49.5 Å². The lowest BCUT2D eigenvalue weighted by atomic mass is 9.89. The summed E-state index contributed by atoms with van der Waals surface area (Å²) in [5, 5.41) is 31.8. The van der Waals surface area contributed by atoms with Crippen molar-refractivity contribution in [3.05, 3.63) is 23.7 Å². The first kappa shape index (κ1) is 32.9. The molecule has 0 bridgehead atoms. The fourth-order valence-corrected chi connectivity index (χ4v) is 7.48. The fraction of sp³-hybridized carbons (Fsp3) is 0.500. The van der Waals surface area contributed by atoms with Crippen molar-refractivity contribution < 1.29 is 38.7 Å². The summed E-state index contributed by atoms with van der Waals surface area (Å²) in [7, 11) is 0. The summed E-state index contributed by atoms with van der Waals surface area (Å²) in [6, 6.07) is -0.978. The van der Waals surface area contributed by atoms with Crippen LogP contribution in [0.5, 0.6) is 0 Å². The van der Waals surface area contributed by atoms with Gasteiger partial charge in [0.15, 0.2) is 10.8 Å². The summed E-state index contributed by atoms with van der Waals surface area (Å²) in [4.78, 5) is 72.4. The first-order valence-corrected chi connectivity index (χ1v) is 15.8. The van der Waals surface area contributed by atoms with Crippen LogP contribution < -0.4 is 10.6 Å². The third-order valence-corrected chi connectivity index (χ3v) is 9.67. The van der Waals surface area contributed by atoms with E-state index in [0.29, 0.717) is 18.1 Å². The fourth-order valence-electron chi connectivity index (χ4n) is 4.08. The zero-order valence-corrected chi connectivity index (χ0v) is 26.2. The molecule has 0 radical (unpaired) electrons. The Bertz CT molecular complexity index is 1470. The molecule has 2 aliphatic rings. The first-order chi connectivity index (χ1) is 20.9. The van der Waals surface area contributed by atoms with E-state index in [0.717, 1.165) is 11.3 Å². The number of β-lactam (4-membered cyclic amide) rings is 1. The lowest BCUT2D eigenvalue weighted by Crippen LogP contribution is -2.74. The Morgan fingerprint density at radius 1 is 1.36 bits per heavy atom. The summed E-state index contributed by atoms with van der Waals surface area (Å²) in [5.74, 6) is -2.82. The third kappa shape index (κ3) is 7.53. The highest BCUT2D eigenvalue weighted by molar-refractivity contribution is 8.00. The number of carboxylic acid groups (broad SMARTS) is 1. The number of nitrogens with zero attached hydrogens (tertiary/aromatic N) is 7. The molecule has 17 nitrogen and oxygen atoms in total. The Morgan fingerprint density at radius 3 is 2.82 bits per heavy atom. The monoisotopic (exact) mass is 667 g/mol. The summed E-state index contributed by atoms with van der Waals surface area (Å²) in [6.07, 6.45) is 2.03. The Hall–Kier alpha value is -4.04. The zero-order chi connectivity index (χ0) is 32.1. The van der Waals surface area contributed by atoms with Gasteiger partial charge in [-0.05, 0) is 31.2 Å². The number of carbonyl (C=O) groups excluding carboxylic acids is 4. The molecular weight excluding hydrogens is 639 g/mol. The van der Waals surface area contributed by atoms with Gasteiger partial charge in [0.2, 0.25) is 24.1 Å². The van der Waals surface area contributed by atoms with E-state index < -0.39 is 52.8 Å². The molecule has 4 heterocycles. The van der Waals surface area contributed by atoms with E-state index in [1.807, 2.05) is 0 Å². The number of thioether (sulfide) groups is 2. The van der Waals surface area contributed by atoms with Crippen molar-refractivity contribution in [2.24, 2.45) is 10.6 Å². The standard InChI is InChI=1S/C24H29N9O8S3/c1-5-6-33-22(28-30-31-33)44-11-24(20(38)39)9-32-18(37)16(19(32)43-10-24)27-17(36)15(13-8-42-21(26-13)25-12-34)29-40-7-14(35)41-23(2,3)4/h5,8,12,16,19H,1,6-7,9-11H2,2-4H3,(H,27,36)(H,38,39)(H,25,26,34)/t16?,19-,24?/m1/s1. The average Bonchev–Trinajstić information content (AvgIpc) is 3.61. The molecule has 2 aromatic heterocycles. The largest absolute Gasteiger partial charge is 0.481 e. The number of anilines is 1. The number of esters is 1. The number of fused-ring (bicyclic) bond motifs is 1. The molecule has 2 aromatic rings. The molecule has 4 rings (SSSR count). The predicted octanol–water partition coefficient (Wildman–Crippen LogP) is 0.210. The number of aromatic nitrogens is 5. The van der Waals surface area contributed by atoms with Gasteiger partial charge >= 0.3 is 11.9 Å². The summed E-state index contributed by atoms with van der Waals surface area (Å²) < 4.78 is 6.66. The minimum atomic E-state index is -1.29. The number of amides is 3. The van der Waals surface area contributed by atoms with Gasteiger partial charge in [-0.1, -0.05) is 23.0 Å². The molecule has 2 unspecified atom stereocenters. The van der Waals surface area contributed by atoms with Crippen molar-refractivity contribution in [1.29, 1.82) is 0 Å². The maximum atomic E-state index is 13.3. The van der Waals surface area contributed by atoms with Gasteiger partial charge in [0.05, 0.1) is 6.54 Å². The van der Waals surface area contributed by atoms with Crippen LogP contribution in [0.3, 0.4) is 0 Å². The molecule has 0 aliphatic carbocycles. The van der Waals surface area contributed by atoms with Crippen molar-refractivity contribution in [3.8, 4) is 0 Å². The van der Waals surface area contributed by atoms with Gasteiger partial charge in [0.25, 0.3) is 5.91 Å². The van der Waals surface area contributed by atoms with Gasteiger partial charge in [-0.15, -0.1) is 34.8 Å². The lowest BCUT2D eigenvalue weighted by molar-refractivity contribution is -0.160. The first-order valence-electron chi connectivity index (χ1n) is 12.9. The number of hydrogen-bond donors (Lipinski definition) is 3. The quantitative estimate of drug-likeness (QED) is 0.0466. The summed E-state index contributed by atoms with van der Waals surface area (Å²) in [6.45, 7) is 8.37. The molecular formula is C24H29N9O8S3. The number of ether oxygens (including phenoxy) is 1. The molecule has 236 valence electrons. The van der Waals surface area contributed by atoms with Gasteiger partial charge in [-0.2, -0.15) is 0 Å². The van der Waals surface area contributed by atoms with E-state index in [1.165, 1.54) is 38.5 Å². The molecule has 44 heavy (non-hydrogen) atoms. The number of rotatable bonds is 14. The van der Waals surface area contributed by atoms with Crippen molar-refractivity contribution in [1.82, 2.24) is 35.4 Å². The summed E-state index contributed by atoms with van der Waals surface area (Å²) >= 11 is 3.41. The Morgan fingerprint density at radius 2 is 2.14 bits per heavy atom. The topological polar surface area (TPSA) is 220 Å². The van der Waals surface area contributed by atoms with E-state index in [1.54, 1.807) is 26.8 Å². The number of allylic oxidation sites excluding steroid dienone is 1. The smallest absolute Gasteiger partial charge is 0.347 e. The van der Waals surface area contributed by atoms with Gasteiger partial charge in [0, 0.05) is 23.4 Å². The predicted molar refractivity (Wildman–Crippen MR) is 159 cm³/mol. The number of aliphatic carboxylic acids is 1. The van der Waals surface area contributed by atoms with Gasteiger partial charge in [-0.25, -0.2) is 14.5 Å². The second-order valence-corrected chi connectivity index (χ2v) is 13.4. The van der Waals surface area contributed by atoms with Crippen LogP contribution >= 0.6 is 34.9 Å². The van der Waals surface area contributed by atoms with Crippen molar-refractivity contribution >= 4 is 75.9 Å². The highest BCUT2D eigenvalue weighted by Crippen LogP contribution is 2.44. The number of nitrogens with one attached hydrogen (secondary N) is 2. The van der Waals surface area contributed by atoms with Crippen LogP contribution in [0, 0.1) is 5.41 Å². The molecule has 2 aliphatic heterocycles. The van der Waals surface area contributed by atoms with Crippen LogP contribution in [0.25, 0.3) is 0 Å². The Balaban J connectivity index is 1.44. The molecule has 2 saturated heterocycles. The van der Waals surface area contributed by atoms with E-state index in [9.17, 15) is 29.1 Å². The normalized spacial score (nSPS) is 21.5. The minimum absolute atomic E-state index is 0.0293. The van der Waals surface area contributed by atoms with Gasteiger partial charge in [0.1, 0.15) is 28.1 Å².